The molecule has 0 fully saturated rings. The Morgan fingerprint density at radius 3 is 2.33 bits per heavy atom. The number of carbonyl (C=O) groups is 1. The molecule has 0 radical (unpaired) electrons. The zero-order valence-corrected chi connectivity index (χ0v) is 11.8. The quantitative estimate of drug-likeness (QED) is 0.501. The molecule has 0 aliphatic rings. The van der Waals surface area contributed by atoms with Gasteiger partial charge in [-0.1, -0.05) is 41.9 Å². The summed E-state index contributed by atoms with van der Waals surface area (Å²) in [6, 6.07) is 16.4. The fourth-order valence-corrected chi connectivity index (χ4v) is 1.73. The number of para-hydroxylation sites is 1. The number of benzene rings is 2. The number of hydrogen-bond acceptors (Lipinski definition) is 3. The summed E-state index contributed by atoms with van der Waals surface area (Å²) in [6.45, 7) is 0. The van der Waals surface area contributed by atoms with E-state index in [1.54, 1.807) is 24.3 Å². The van der Waals surface area contributed by atoms with Crippen molar-refractivity contribution in [3.05, 3.63) is 77.3 Å². The van der Waals surface area contributed by atoms with Gasteiger partial charge in [-0.2, -0.15) is 5.10 Å². The van der Waals surface area contributed by atoms with Gasteiger partial charge in [0.1, 0.15) is 0 Å². The molecule has 0 aromatic heterocycles. The van der Waals surface area contributed by atoms with Crippen molar-refractivity contribution in [2.24, 2.45) is 5.10 Å². The second kappa shape index (κ2) is 7.26. The molecule has 106 valence electrons. The van der Waals surface area contributed by atoms with Gasteiger partial charge in [0.25, 0.3) is 0 Å². The number of carboxylic acid groups (broad SMARTS) is 1. The number of nitrogens with zero attached hydrogens (tertiary/aromatic N) is 1. The van der Waals surface area contributed by atoms with Gasteiger partial charge in [-0.3, -0.25) is 5.43 Å². The Morgan fingerprint density at radius 2 is 1.71 bits per heavy atom. The average molecular weight is 301 g/mol. The van der Waals surface area contributed by atoms with E-state index in [2.05, 4.69) is 10.5 Å². The molecule has 21 heavy (non-hydrogen) atoms. The summed E-state index contributed by atoms with van der Waals surface area (Å²) in [5, 5.41) is 13.6. The maximum atomic E-state index is 10.7. The molecule has 0 atom stereocenters. The molecule has 0 aliphatic carbocycles. The molecule has 2 rings (SSSR count). The van der Waals surface area contributed by atoms with Gasteiger partial charge in [-0.05, 0) is 30.3 Å². The van der Waals surface area contributed by atoms with Gasteiger partial charge < -0.3 is 5.11 Å². The molecule has 0 unspecified atom stereocenters. The minimum absolute atomic E-state index is 0.498. The second-order valence-electron chi connectivity index (χ2n) is 4.15. The van der Waals surface area contributed by atoms with Crippen molar-refractivity contribution in [2.45, 2.75) is 0 Å². The molecule has 2 aromatic carbocycles. The van der Waals surface area contributed by atoms with Gasteiger partial charge in [-0.15, -0.1) is 0 Å². The summed E-state index contributed by atoms with van der Waals surface area (Å²) in [6.07, 6.45) is 2.47. The van der Waals surface area contributed by atoms with Crippen molar-refractivity contribution >= 4 is 29.0 Å². The topological polar surface area (TPSA) is 61.7 Å². The van der Waals surface area contributed by atoms with E-state index < -0.39 is 5.97 Å². The Kier molecular flexibility index (Phi) is 5.12. The molecule has 0 spiro atoms. The first-order valence-corrected chi connectivity index (χ1v) is 6.58. The number of halogens is 1. The number of hydrazone groups is 1. The number of allylic oxidation sites excluding steroid dienone is 1. The van der Waals surface area contributed by atoms with E-state index in [0.717, 1.165) is 17.3 Å². The highest BCUT2D eigenvalue weighted by atomic mass is 35.5. The summed E-state index contributed by atoms with van der Waals surface area (Å²) < 4.78 is 0. The SMILES string of the molecule is O=C(O)/C=C/C(=N/Nc1ccccc1)c1ccc(Cl)cc1. The van der Waals surface area contributed by atoms with Crippen LogP contribution in [0, 0.1) is 0 Å². The van der Waals surface area contributed by atoms with Crippen molar-refractivity contribution < 1.29 is 9.90 Å². The van der Waals surface area contributed by atoms with Gasteiger partial charge in [0.05, 0.1) is 11.4 Å². The van der Waals surface area contributed by atoms with Crippen molar-refractivity contribution in [3.8, 4) is 0 Å². The molecule has 0 bridgehead atoms. The minimum Gasteiger partial charge on any atom is -0.478 e. The molecule has 2 N–H and O–H groups in total. The highest BCUT2D eigenvalue weighted by molar-refractivity contribution is 6.30. The van der Waals surface area contributed by atoms with Gasteiger partial charge in [-0.25, -0.2) is 4.79 Å². The number of nitrogens with one attached hydrogen (secondary N) is 1. The fourth-order valence-electron chi connectivity index (χ4n) is 1.61. The molecular weight excluding hydrogens is 288 g/mol. The van der Waals surface area contributed by atoms with E-state index in [4.69, 9.17) is 16.7 Å². The lowest BCUT2D eigenvalue weighted by molar-refractivity contribution is -0.131. The molecule has 0 heterocycles. The van der Waals surface area contributed by atoms with E-state index in [9.17, 15) is 4.79 Å². The maximum Gasteiger partial charge on any atom is 0.328 e. The zero-order valence-electron chi connectivity index (χ0n) is 11.0. The van der Waals surface area contributed by atoms with Crippen molar-refractivity contribution in [3.63, 3.8) is 0 Å². The third-order valence-corrected chi connectivity index (χ3v) is 2.85. The van der Waals surface area contributed by atoms with Gasteiger partial charge in [0, 0.05) is 16.7 Å². The first-order valence-electron chi connectivity index (χ1n) is 6.21. The molecule has 0 saturated carbocycles. The van der Waals surface area contributed by atoms with Crippen LogP contribution in [0.2, 0.25) is 5.02 Å². The number of aliphatic carboxylic acids is 1. The van der Waals surface area contributed by atoms with Crippen LogP contribution in [0.25, 0.3) is 0 Å². The van der Waals surface area contributed by atoms with Gasteiger partial charge in [0.15, 0.2) is 0 Å². The summed E-state index contributed by atoms with van der Waals surface area (Å²) in [5.74, 6) is -1.03. The normalized spacial score (nSPS) is 11.6. The average Bonchev–Trinajstić information content (AvgIpc) is 2.49. The van der Waals surface area contributed by atoms with Crippen LogP contribution in [0.3, 0.4) is 0 Å². The number of rotatable bonds is 5. The monoisotopic (exact) mass is 300 g/mol. The summed E-state index contributed by atoms with van der Waals surface area (Å²) in [7, 11) is 0. The van der Waals surface area contributed by atoms with Crippen LogP contribution in [0.5, 0.6) is 0 Å². The second-order valence-corrected chi connectivity index (χ2v) is 4.59. The Balaban J connectivity index is 2.27. The van der Waals surface area contributed by atoms with Crippen LogP contribution < -0.4 is 5.43 Å². The van der Waals surface area contributed by atoms with Crippen LogP contribution in [-0.2, 0) is 4.79 Å². The first kappa shape index (κ1) is 14.8. The Bertz CT molecular complexity index is 664. The summed E-state index contributed by atoms with van der Waals surface area (Å²) in [4.78, 5) is 10.7. The predicted molar refractivity (Wildman–Crippen MR) is 84.8 cm³/mol. The highest BCUT2D eigenvalue weighted by Crippen LogP contribution is 2.12. The number of hydrogen-bond donors (Lipinski definition) is 2. The lowest BCUT2D eigenvalue weighted by Gasteiger charge is -2.04. The number of anilines is 1. The van der Waals surface area contributed by atoms with Crippen LogP contribution in [-0.4, -0.2) is 16.8 Å². The Hall–Kier alpha value is -2.59. The summed E-state index contributed by atoms with van der Waals surface area (Å²) in [5.41, 5.74) is 4.97. The van der Waals surface area contributed by atoms with E-state index in [1.165, 1.54) is 6.08 Å². The van der Waals surface area contributed by atoms with Crippen LogP contribution in [0.1, 0.15) is 5.56 Å². The largest absolute Gasteiger partial charge is 0.478 e. The van der Waals surface area contributed by atoms with E-state index in [-0.39, 0.29) is 0 Å². The molecule has 0 saturated heterocycles. The molecule has 0 aliphatic heterocycles. The van der Waals surface area contributed by atoms with Gasteiger partial charge >= 0.3 is 5.97 Å². The first-order chi connectivity index (χ1) is 10.1. The molecule has 2 aromatic rings. The van der Waals surface area contributed by atoms with E-state index in [0.29, 0.717) is 10.7 Å². The Labute approximate surface area is 127 Å². The van der Waals surface area contributed by atoms with Crippen molar-refractivity contribution in [1.29, 1.82) is 0 Å². The van der Waals surface area contributed by atoms with Crippen molar-refractivity contribution in [2.75, 3.05) is 5.43 Å². The number of carboxylic acids is 1. The van der Waals surface area contributed by atoms with Crippen LogP contribution >= 0.6 is 11.6 Å². The molecular formula is C16H13ClN2O2. The summed E-state index contributed by atoms with van der Waals surface area (Å²) >= 11 is 5.85. The highest BCUT2D eigenvalue weighted by Gasteiger charge is 2.01. The fraction of sp³-hybridized carbons (Fsp3) is 0. The molecule has 5 heteroatoms. The molecule has 0 amide bonds. The Morgan fingerprint density at radius 1 is 1.05 bits per heavy atom. The third kappa shape index (κ3) is 4.78. The van der Waals surface area contributed by atoms with Crippen LogP contribution in [0.15, 0.2) is 71.9 Å². The molecule has 4 nitrogen and oxygen atoms in total. The lowest BCUT2D eigenvalue weighted by atomic mass is 10.1. The standard InChI is InChI=1S/C16H13ClN2O2/c17-13-8-6-12(7-9-13)15(10-11-16(20)21)19-18-14-4-2-1-3-5-14/h1-11,18H,(H,20,21)/b11-10+,19-15-. The zero-order chi connectivity index (χ0) is 15.1. The van der Waals surface area contributed by atoms with Crippen molar-refractivity contribution in [1.82, 2.24) is 0 Å². The minimum atomic E-state index is -1.03. The third-order valence-electron chi connectivity index (χ3n) is 2.60. The maximum absolute atomic E-state index is 10.7. The smallest absolute Gasteiger partial charge is 0.328 e. The van der Waals surface area contributed by atoms with E-state index in [1.807, 2.05) is 30.3 Å². The predicted octanol–water partition coefficient (Wildman–Crippen LogP) is 3.80. The van der Waals surface area contributed by atoms with Gasteiger partial charge in [0.2, 0.25) is 0 Å². The lowest BCUT2D eigenvalue weighted by Crippen LogP contribution is -2.02. The van der Waals surface area contributed by atoms with Crippen LogP contribution in [0.4, 0.5) is 5.69 Å². The van der Waals surface area contributed by atoms with E-state index >= 15 is 0 Å².